The summed E-state index contributed by atoms with van der Waals surface area (Å²) in [6.07, 6.45) is 3.22. The number of methoxy groups -OCH3 is 1. The SMILES string of the molecule is CCN(C)C(=O)C=Cc1cc(Cl)ccc1OC. The highest BCUT2D eigenvalue weighted by Gasteiger charge is 2.03. The molecule has 92 valence electrons. The van der Waals surface area contributed by atoms with Crippen LogP contribution in [0, 0.1) is 0 Å². The van der Waals surface area contributed by atoms with Gasteiger partial charge in [-0.25, -0.2) is 0 Å². The van der Waals surface area contributed by atoms with E-state index in [4.69, 9.17) is 16.3 Å². The van der Waals surface area contributed by atoms with E-state index in [1.54, 1.807) is 43.3 Å². The Hall–Kier alpha value is -1.48. The second-order valence-electron chi connectivity index (χ2n) is 3.57. The zero-order valence-electron chi connectivity index (χ0n) is 10.2. The van der Waals surface area contributed by atoms with Crippen molar-refractivity contribution in [1.82, 2.24) is 4.90 Å². The first-order valence-electron chi connectivity index (χ1n) is 5.35. The lowest BCUT2D eigenvalue weighted by molar-refractivity contribution is -0.124. The molecular weight excluding hydrogens is 238 g/mol. The average molecular weight is 254 g/mol. The standard InChI is InChI=1S/C13H16ClNO2/c1-4-15(2)13(16)8-5-10-9-11(14)6-7-12(10)17-3/h5-9H,4H2,1-3H3. The number of amides is 1. The fourth-order valence-electron chi connectivity index (χ4n) is 1.28. The van der Waals surface area contributed by atoms with Gasteiger partial charge in [0.25, 0.3) is 0 Å². The van der Waals surface area contributed by atoms with Gasteiger partial charge in [0.1, 0.15) is 5.75 Å². The van der Waals surface area contributed by atoms with E-state index in [-0.39, 0.29) is 5.91 Å². The van der Waals surface area contributed by atoms with Gasteiger partial charge in [0.05, 0.1) is 7.11 Å². The van der Waals surface area contributed by atoms with E-state index in [0.29, 0.717) is 17.3 Å². The first-order valence-corrected chi connectivity index (χ1v) is 5.73. The second-order valence-corrected chi connectivity index (χ2v) is 4.01. The van der Waals surface area contributed by atoms with Gasteiger partial charge in [-0.2, -0.15) is 0 Å². The van der Waals surface area contributed by atoms with Crippen molar-refractivity contribution in [2.75, 3.05) is 20.7 Å². The maximum absolute atomic E-state index is 11.6. The summed E-state index contributed by atoms with van der Waals surface area (Å²) in [7, 11) is 3.34. The molecule has 0 atom stereocenters. The van der Waals surface area contributed by atoms with Crippen molar-refractivity contribution >= 4 is 23.6 Å². The Kier molecular flexibility index (Phi) is 5.04. The molecule has 0 saturated carbocycles. The summed E-state index contributed by atoms with van der Waals surface area (Å²) in [4.78, 5) is 13.2. The van der Waals surface area contributed by atoms with Crippen LogP contribution in [0.3, 0.4) is 0 Å². The van der Waals surface area contributed by atoms with Crippen molar-refractivity contribution in [3.8, 4) is 5.75 Å². The van der Waals surface area contributed by atoms with Crippen LogP contribution in [0.4, 0.5) is 0 Å². The first-order chi connectivity index (χ1) is 8.08. The number of carbonyl (C=O) groups is 1. The van der Waals surface area contributed by atoms with Gasteiger partial charge in [-0.15, -0.1) is 0 Å². The summed E-state index contributed by atoms with van der Waals surface area (Å²) in [5.41, 5.74) is 0.790. The molecule has 4 heteroatoms. The lowest BCUT2D eigenvalue weighted by Crippen LogP contribution is -2.23. The largest absolute Gasteiger partial charge is 0.496 e. The molecule has 0 heterocycles. The third kappa shape index (κ3) is 3.79. The molecule has 0 spiro atoms. The Balaban J connectivity index is 2.90. The van der Waals surface area contributed by atoms with Crippen molar-refractivity contribution in [3.63, 3.8) is 0 Å². The van der Waals surface area contributed by atoms with E-state index >= 15 is 0 Å². The minimum atomic E-state index is -0.0467. The van der Waals surface area contributed by atoms with Crippen LogP contribution in [0.2, 0.25) is 5.02 Å². The Morgan fingerprint density at radius 1 is 1.53 bits per heavy atom. The average Bonchev–Trinajstić information content (AvgIpc) is 2.35. The van der Waals surface area contributed by atoms with Crippen LogP contribution in [0.1, 0.15) is 12.5 Å². The Morgan fingerprint density at radius 3 is 2.82 bits per heavy atom. The highest BCUT2D eigenvalue weighted by Crippen LogP contribution is 2.23. The summed E-state index contributed by atoms with van der Waals surface area (Å²) in [5, 5.41) is 0.613. The number of rotatable bonds is 4. The van der Waals surface area contributed by atoms with Gasteiger partial charge in [-0.05, 0) is 31.2 Å². The Labute approximate surface area is 107 Å². The number of hydrogen-bond donors (Lipinski definition) is 0. The van der Waals surface area contributed by atoms with Crippen molar-refractivity contribution in [3.05, 3.63) is 34.9 Å². The summed E-state index contributed by atoms with van der Waals surface area (Å²) < 4.78 is 5.18. The van der Waals surface area contributed by atoms with E-state index in [2.05, 4.69) is 0 Å². The normalized spacial score (nSPS) is 10.6. The Morgan fingerprint density at radius 2 is 2.24 bits per heavy atom. The number of likely N-dealkylation sites (N-methyl/N-ethyl adjacent to an activating group) is 1. The van der Waals surface area contributed by atoms with Gasteiger partial charge in [-0.1, -0.05) is 11.6 Å². The number of halogens is 1. The van der Waals surface area contributed by atoms with Gasteiger partial charge < -0.3 is 9.64 Å². The fourth-order valence-corrected chi connectivity index (χ4v) is 1.46. The summed E-state index contributed by atoms with van der Waals surface area (Å²) in [6, 6.07) is 5.28. The second kappa shape index (κ2) is 6.30. The van der Waals surface area contributed by atoms with Gasteiger partial charge in [0, 0.05) is 30.3 Å². The maximum Gasteiger partial charge on any atom is 0.246 e. The van der Waals surface area contributed by atoms with E-state index in [1.807, 2.05) is 6.92 Å². The summed E-state index contributed by atoms with van der Waals surface area (Å²) >= 11 is 5.89. The topological polar surface area (TPSA) is 29.5 Å². The number of nitrogens with zero attached hydrogens (tertiary/aromatic N) is 1. The molecule has 1 aromatic rings. The summed E-state index contributed by atoms with van der Waals surface area (Å²) in [5.74, 6) is 0.645. The highest BCUT2D eigenvalue weighted by molar-refractivity contribution is 6.30. The quantitative estimate of drug-likeness (QED) is 0.773. The van der Waals surface area contributed by atoms with E-state index in [1.165, 1.54) is 6.08 Å². The van der Waals surface area contributed by atoms with Crippen LogP contribution < -0.4 is 4.74 Å². The van der Waals surface area contributed by atoms with E-state index in [0.717, 1.165) is 5.56 Å². The van der Waals surface area contributed by atoms with Gasteiger partial charge >= 0.3 is 0 Å². The van der Waals surface area contributed by atoms with Crippen LogP contribution in [0.25, 0.3) is 6.08 Å². The molecule has 0 saturated heterocycles. The van der Waals surface area contributed by atoms with Crippen LogP contribution in [0.15, 0.2) is 24.3 Å². The molecule has 0 radical (unpaired) electrons. The molecule has 0 unspecified atom stereocenters. The lowest BCUT2D eigenvalue weighted by atomic mass is 10.2. The molecular formula is C13H16ClNO2. The number of carbonyl (C=O) groups excluding carboxylic acids is 1. The van der Waals surface area contributed by atoms with Crippen LogP contribution in [-0.4, -0.2) is 31.5 Å². The minimum Gasteiger partial charge on any atom is -0.496 e. The van der Waals surface area contributed by atoms with Crippen molar-refractivity contribution in [2.45, 2.75) is 6.92 Å². The third-order valence-electron chi connectivity index (χ3n) is 2.45. The first kappa shape index (κ1) is 13.6. The molecule has 0 aliphatic carbocycles. The number of hydrogen-bond acceptors (Lipinski definition) is 2. The molecule has 3 nitrogen and oxygen atoms in total. The third-order valence-corrected chi connectivity index (χ3v) is 2.68. The molecule has 0 fully saturated rings. The molecule has 0 bridgehead atoms. The Bertz CT molecular complexity index is 429. The predicted molar refractivity (Wildman–Crippen MR) is 70.3 cm³/mol. The molecule has 1 amide bonds. The summed E-state index contributed by atoms with van der Waals surface area (Å²) in [6.45, 7) is 2.60. The van der Waals surface area contributed by atoms with E-state index < -0.39 is 0 Å². The zero-order chi connectivity index (χ0) is 12.8. The van der Waals surface area contributed by atoms with Crippen LogP contribution in [-0.2, 0) is 4.79 Å². The number of benzene rings is 1. The molecule has 0 N–H and O–H groups in total. The van der Waals surface area contributed by atoms with Crippen molar-refractivity contribution in [2.24, 2.45) is 0 Å². The number of ether oxygens (including phenoxy) is 1. The monoisotopic (exact) mass is 253 g/mol. The lowest BCUT2D eigenvalue weighted by Gasteiger charge is -2.11. The molecule has 17 heavy (non-hydrogen) atoms. The predicted octanol–water partition coefficient (Wildman–Crippen LogP) is 2.84. The van der Waals surface area contributed by atoms with Gasteiger partial charge in [0.2, 0.25) is 5.91 Å². The van der Waals surface area contributed by atoms with Gasteiger partial charge in [0.15, 0.2) is 0 Å². The molecule has 0 aromatic heterocycles. The molecule has 1 rings (SSSR count). The fraction of sp³-hybridized carbons (Fsp3) is 0.308. The van der Waals surface area contributed by atoms with Crippen molar-refractivity contribution in [1.29, 1.82) is 0 Å². The van der Waals surface area contributed by atoms with Crippen molar-refractivity contribution < 1.29 is 9.53 Å². The molecule has 0 aliphatic heterocycles. The highest BCUT2D eigenvalue weighted by atomic mass is 35.5. The maximum atomic E-state index is 11.6. The van der Waals surface area contributed by atoms with Crippen LogP contribution >= 0.6 is 11.6 Å². The van der Waals surface area contributed by atoms with Gasteiger partial charge in [-0.3, -0.25) is 4.79 Å². The zero-order valence-corrected chi connectivity index (χ0v) is 11.0. The molecule has 1 aromatic carbocycles. The van der Waals surface area contributed by atoms with Crippen LogP contribution in [0.5, 0.6) is 5.75 Å². The minimum absolute atomic E-state index is 0.0467. The molecule has 0 aliphatic rings. The smallest absolute Gasteiger partial charge is 0.246 e. The van der Waals surface area contributed by atoms with E-state index in [9.17, 15) is 4.79 Å².